The number of amides is 1. The lowest BCUT2D eigenvalue weighted by Crippen LogP contribution is -2.16. The van der Waals surface area contributed by atoms with Gasteiger partial charge in [-0.25, -0.2) is 0 Å². The highest BCUT2D eigenvalue weighted by Crippen LogP contribution is 2.23. The molecule has 0 aliphatic heterocycles. The van der Waals surface area contributed by atoms with Crippen molar-refractivity contribution in [3.63, 3.8) is 0 Å². The van der Waals surface area contributed by atoms with Crippen LogP contribution in [0.2, 0.25) is 0 Å². The zero-order valence-corrected chi connectivity index (χ0v) is 11.7. The largest absolute Gasteiger partial charge is 0.397 e. The Morgan fingerprint density at radius 2 is 2.24 bits per heavy atom. The van der Waals surface area contributed by atoms with Gasteiger partial charge in [0.05, 0.1) is 11.4 Å². The van der Waals surface area contributed by atoms with Crippen molar-refractivity contribution in [3.8, 4) is 0 Å². The van der Waals surface area contributed by atoms with Crippen LogP contribution in [0.3, 0.4) is 0 Å². The van der Waals surface area contributed by atoms with Crippen molar-refractivity contribution in [2.75, 3.05) is 11.1 Å². The molecule has 0 aliphatic carbocycles. The molecule has 1 aromatic carbocycles. The number of hydrogen-bond acceptors (Lipinski definition) is 3. The van der Waals surface area contributed by atoms with Gasteiger partial charge < -0.3 is 15.6 Å². The Morgan fingerprint density at radius 3 is 3.05 bits per heavy atom. The first-order chi connectivity index (χ1) is 10.2. The van der Waals surface area contributed by atoms with E-state index in [1.165, 1.54) is 0 Å². The number of aryl methyl sites for hydroxylation is 1. The molecule has 0 unspecified atom stereocenters. The highest BCUT2D eigenvalue weighted by atomic mass is 16.1. The second-order valence-electron chi connectivity index (χ2n) is 4.80. The van der Waals surface area contributed by atoms with Crippen LogP contribution < -0.4 is 11.1 Å². The lowest BCUT2D eigenvalue weighted by molar-refractivity contribution is 0.101. The predicted octanol–water partition coefficient (Wildman–Crippen LogP) is 2.89. The van der Waals surface area contributed by atoms with E-state index in [4.69, 9.17) is 5.73 Å². The number of carbonyl (C=O) groups is 1. The highest BCUT2D eigenvalue weighted by molar-refractivity contribution is 6.08. The van der Waals surface area contributed by atoms with E-state index in [-0.39, 0.29) is 5.91 Å². The number of pyridine rings is 1. The summed E-state index contributed by atoms with van der Waals surface area (Å²) in [5, 5.41) is 4.88. The van der Waals surface area contributed by atoms with Gasteiger partial charge >= 0.3 is 0 Å². The number of fused-ring (bicyclic) bond motifs is 1. The lowest BCUT2D eigenvalue weighted by Gasteiger charge is -2.09. The number of benzene rings is 1. The molecule has 0 radical (unpaired) electrons. The van der Waals surface area contributed by atoms with E-state index in [9.17, 15) is 4.79 Å². The summed E-state index contributed by atoms with van der Waals surface area (Å²) in [4.78, 5) is 16.6. The fraction of sp³-hybridized carbons (Fsp3) is 0.125. The maximum atomic E-state index is 12.4. The van der Waals surface area contributed by atoms with Crippen molar-refractivity contribution in [3.05, 3.63) is 54.6 Å². The van der Waals surface area contributed by atoms with Crippen LogP contribution in [0.1, 0.15) is 17.4 Å². The second kappa shape index (κ2) is 5.28. The SMILES string of the molecule is CCn1cc(N)cc1C(=O)Nc1cccc2ccncc12. The third-order valence-electron chi connectivity index (χ3n) is 3.42. The fourth-order valence-electron chi connectivity index (χ4n) is 2.39. The van der Waals surface area contributed by atoms with E-state index in [1.807, 2.05) is 35.8 Å². The number of nitrogens with zero attached hydrogens (tertiary/aromatic N) is 2. The standard InChI is InChI=1S/C16H16N4O/c1-2-20-10-12(17)8-15(20)16(21)19-14-5-3-4-11-6-7-18-9-13(11)14/h3-10H,2,17H2,1H3,(H,19,21). The molecule has 2 aromatic heterocycles. The first-order valence-electron chi connectivity index (χ1n) is 6.79. The van der Waals surface area contributed by atoms with Gasteiger partial charge in [-0.05, 0) is 30.5 Å². The van der Waals surface area contributed by atoms with Crippen LogP contribution in [0.25, 0.3) is 10.8 Å². The molecule has 0 atom stereocenters. The van der Waals surface area contributed by atoms with E-state index in [1.54, 1.807) is 24.7 Å². The van der Waals surface area contributed by atoms with E-state index < -0.39 is 0 Å². The third-order valence-corrected chi connectivity index (χ3v) is 3.42. The van der Waals surface area contributed by atoms with Gasteiger partial charge in [0, 0.05) is 30.5 Å². The summed E-state index contributed by atoms with van der Waals surface area (Å²) in [5.74, 6) is -0.176. The summed E-state index contributed by atoms with van der Waals surface area (Å²) in [6.07, 6.45) is 5.24. The molecule has 3 rings (SSSR count). The quantitative estimate of drug-likeness (QED) is 0.774. The average molecular weight is 280 g/mol. The molecule has 3 N–H and O–H groups in total. The Labute approximate surface area is 122 Å². The number of nitrogen functional groups attached to an aromatic ring is 1. The minimum absolute atomic E-state index is 0.176. The number of hydrogen-bond donors (Lipinski definition) is 2. The predicted molar refractivity (Wildman–Crippen MR) is 84.2 cm³/mol. The molecule has 0 saturated heterocycles. The van der Waals surface area contributed by atoms with Gasteiger partial charge in [0.25, 0.3) is 5.91 Å². The van der Waals surface area contributed by atoms with Crippen molar-refractivity contribution in [1.82, 2.24) is 9.55 Å². The zero-order chi connectivity index (χ0) is 14.8. The van der Waals surface area contributed by atoms with Crippen LogP contribution in [0.15, 0.2) is 48.9 Å². The van der Waals surface area contributed by atoms with Crippen LogP contribution in [-0.4, -0.2) is 15.5 Å². The number of rotatable bonds is 3. The highest BCUT2D eigenvalue weighted by Gasteiger charge is 2.13. The first-order valence-corrected chi connectivity index (χ1v) is 6.79. The van der Waals surface area contributed by atoms with Crippen LogP contribution in [0, 0.1) is 0 Å². The van der Waals surface area contributed by atoms with Crippen LogP contribution in [0.4, 0.5) is 11.4 Å². The number of nitrogens with two attached hydrogens (primary N) is 1. The Bertz CT molecular complexity index is 802. The summed E-state index contributed by atoms with van der Waals surface area (Å²) < 4.78 is 1.83. The Kier molecular flexibility index (Phi) is 3.31. The number of carbonyl (C=O) groups excluding carboxylic acids is 1. The molecule has 0 saturated carbocycles. The molecule has 0 aliphatic rings. The molecule has 5 heteroatoms. The van der Waals surface area contributed by atoms with Crippen molar-refractivity contribution >= 4 is 28.1 Å². The van der Waals surface area contributed by atoms with Crippen LogP contribution in [0.5, 0.6) is 0 Å². The minimum Gasteiger partial charge on any atom is -0.397 e. The number of aromatic nitrogens is 2. The van der Waals surface area contributed by atoms with Crippen molar-refractivity contribution < 1.29 is 4.79 Å². The average Bonchev–Trinajstić information content (AvgIpc) is 2.89. The fourth-order valence-corrected chi connectivity index (χ4v) is 2.39. The van der Waals surface area contributed by atoms with E-state index in [0.717, 1.165) is 16.5 Å². The smallest absolute Gasteiger partial charge is 0.272 e. The molecular formula is C16H16N4O. The normalized spacial score (nSPS) is 10.7. The van der Waals surface area contributed by atoms with Crippen molar-refractivity contribution in [1.29, 1.82) is 0 Å². The van der Waals surface area contributed by atoms with Crippen LogP contribution in [-0.2, 0) is 6.54 Å². The van der Waals surface area contributed by atoms with Crippen molar-refractivity contribution in [2.24, 2.45) is 0 Å². The van der Waals surface area contributed by atoms with Gasteiger partial charge in [-0.1, -0.05) is 12.1 Å². The molecule has 106 valence electrons. The lowest BCUT2D eigenvalue weighted by atomic mass is 10.1. The van der Waals surface area contributed by atoms with Gasteiger partial charge in [-0.15, -0.1) is 0 Å². The van der Waals surface area contributed by atoms with Gasteiger partial charge in [0.2, 0.25) is 0 Å². The molecule has 0 bridgehead atoms. The summed E-state index contributed by atoms with van der Waals surface area (Å²) in [5.41, 5.74) is 7.65. The number of nitrogens with one attached hydrogen (secondary N) is 1. The Morgan fingerprint density at radius 1 is 1.38 bits per heavy atom. The van der Waals surface area contributed by atoms with Gasteiger partial charge in [-0.2, -0.15) is 0 Å². The first kappa shape index (κ1) is 13.2. The second-order valence-corrected chi connectivity index (χ2v) is 4.80. The molecule has 0 fully saturated rings. The molecule has 3 aromatic rings. The molecule has 0 spiro atoms. The molecule has 21 heavy (non-hydrogen) atoms. The molecule has 1 amide bonds. The molecular weight excluding hydrogens is 264 g/mol. The van der Waals surface area contributed by atoms with Crippen molar-refractivity contribution in [2.45, 2.75) is 13.5 Å². The topological polar surface area (TPSA) is 72.9 Å². The van der Waals surface area contributed by atoms with Gasteiger partial charge in [-0.3, -0.25) is 9.78 Å². The number of anilines is 2. The summed E-state index contributed by atoms with van der Waals surface area (Å²) >= 11 is 0. The van der Waals surface area contributed by atoms with E-state index in [2.05, 4.69) is 10.3 Å². The van der Waals surface area contributed by atoms with Gasteiger partial charge in [0.1, 0.15) is 5.69 Å². The maximum absolute atomic E-state index is 12.4. The van der Waals surface area contributed by atoms with E-state index in [0.29, 0.717) is 17.9 Å². The maximum Gasteiger partial charge on any atom is 0.272 e. The minimum atomic E-state index is -0.176. The van der Waals surface area contributed by atoms with E-state index >= 15 is 0 Å². The van der Waals surface area contributed by atoms with Crippen LogP contribution >= 0.6 is 0 Å². The Balaban J connectivity index is 1.96. The monoisotopic (exact) mass is 280 g/mol. The van der Waals surface area contributed by atoms with Gasteiger partial charge in [0.15, 0.2) is 0 Å². The summed E-state index contributed by atoms with van der Waals surface area (Å²) in [6, 6.07) is 9.36. The third kappa shape index (κ3) is 2.45. The molecule has 2 heterocycles. The summed E-state index contributed by atoms with van der Waals surface area (Å²) in [7, 11) is 0. The zero-order valence-electron chi connectivity index (χ0n) is 11.7. The summed E-state index contributed by atoms with van der Waals surface area (Å²) in [6.45, 7) is 2.66. The molecule has 5 nitrogen and oxygen atoms in total. The Hall–Kier alpha value is -2.82.